The van der Waals surface area contributed by atoms with Crippen LogP contribution < -0.4 is 11.1 Å². The molecule has 0 radical (unpaired) electrons. The molecular weight excluding hydrogens is 354 g/mol. The molecule has 0 saturated heterocycles. The van der Waals surface area contributed by atoms with E-state index >= 15 is 0 Å². The number of hydrogen-bond donors (Lipinski definition) is 2. The molecule has 4 rings (SSSR count). The van der Waals surface area contributed by atoms with Crippen molar-refractivity contribution >= 4 is 22.8 Å². The van der Waals surface area contributed by atoms with Crippen molar-refractivity contribution in [2.24, 2.45) is 12.8 Å². The highest BCUT2D eigenvalue weighted by Gasteiger charge is 2.20. The normalized spacial score (nSPS) is 12.0. The van der Waals surface area contributed by atoms with Crippen LogP contribution in [0.15, 0.2) is 61.1 Å². The lowest BCUT2D eigenvalue weighted by atomic mass is 10.1. The highest BCUT2D eigenvalue weighted by molar-refractivity contribution is 5.91. The molecule has 0 aliphatic carbocycles. The molecule has 0 spiro atoms. The molecule has 3 heterocycles. The standard InChI is InChI=1S/C20H19N7O/c1-27-20-15(12-23-27)19(25-18(26-20)14-8-5-9-22-11-14)24-16(17(21)28)10-13-6-3-2-4-7-13/h2-9,11-12,16H,10H2,1H3,(H2,21,28)(H,24,25,26)/t16-/m0/s1. The van der Waals surface area contributed by atoms with Gasteiger partial charge in [-0.2, -0.15) is 5.10 Å². The number of fused-ring (bicyclic) bond motifs is 1. The number of nitrogens with one attached hydrogen (secondary N) is 1. The van der Waals surface area contributed by atoms with Gasteiger partial charge in [-0.25, -0.2) is 9.97 Å². The molecule has 140 valence electrons. The van der Waals surface area contributed by atoms with E-state index in [1.54, 1.807) is 23.3 Å². The maximum Gasteiger partial charge on any atom is 0.240 e. The molecular formula is C20H19N7O. The number of aromatic nitrogens is 5. The first-order chi connectivity index (χ1) is 13.6. The Morgan fingerprint density at radius 2 is 1.96 bits per heavy atom. The number of aryl methyl sites for hydroxylation is 1. The lowest BCUT2D eigenvalue weighted by Gasteiger charge is -2.17. The maximum absolute atomic E-state index is 12.1. The quantitative estimate of drug-likeness (QED) is 0.534. The van der Waals surface area contributed by atoms with Crippen molar-refractivity contribution in [2.75, 3.05) is 5.32 Å². The first-order valence-electron chi connectivity index (χ1n) is 8.82. The van der Waals surface area contributed by atoms with Crippen LogP contribution in [-0.4, -0.2) is 36.7 Å². The Hall–Kier alpha value is -3.81. The number of primary amides is 1. The lowest BCUT2D eigenvalue weighted by Crippen LogP contribution is -2.37. The van der Waals surface area contributed by atoms with Crippen molar-refractivity contribution < 1.29 is 4.79 Å². The van der Waals surface area contributed by atoms with Gasteiger partial charge in [0.25, 0.3) is 0 Å². The van der Waals surface area contributed by atoms with Gasteiger partial charge in [-0.15, -0.1) is 0 Å². The molecule has 8 nitrogen and oxygen atoms in total. The van der Waals surface area contributed by atoms with Crippen LogP contribution in [0.2, 0.25) is 0 Å². The van der Waals surface area contributed by atoms with E-state index in [1.807, 2.05) is 49.5 Å². The number of benzene rings is 1. The Morgan fingerprint density at radius 1 is 1.14 bits per heavy atom. The minimum absolute atomic E-state index is 0.449. The highest BCUT2D eigenvalue weighted by atomic mass is 16.1. The maximum atomic E-state index is 12.1. The number of hydrogen-bond acceptors (Lipinski definition) is 6. The molecule has 0 fully saturated rings. The number of anilines is 1. The summed E-state index contributed by atoms with van der Waals surface area (Å²) in [6.07, 6.45) is 5.50. The van der Waals surface area contributed by atoms with Gasteiger partial charge in [0.2, 0.25) is 5.91 Å². The Balaban J connectivity index is 1.75. The van der Waals surface area contributed by atoms with Crippen LogP contribution in [0.1, 0.15) is 5.56 Å². The predicted molar refractivity (Wildman–Crippen MR) is 106 cm³/mol. The first kappa shape index (κ1) is 17.6. The van der Waals surface area contributed by atoms with Crippen LogP contribution >= 0.6 is 0 Å². The molecule has 0 unspecified atom stereocenters. The molecule has 0 aliphatic rings. The van der Waals surface area contributed by atoms with Crippen molar-refractivity contribution in [1.29, 1.82) is 0 Å². The molecule has 0 bridgehead atoms. The average molecular weight is 373 g/mol. The summed E-state index contributed by atoms with van der Waals surface area (Å²) in [5.41, 5.74) is 8.08. The summed E-state index contributed by atoms with van der Waals surface area (Å²) in [5.74, 6) is 0.550. The van der Waals surface area contributed by atoms with Crippen molar-refractivity contribution in [2.45, 2.75) is 12.5 Å². The minimum Gasteiger partial charge on any atom is -0.368 e. The molecule has 0 saturated carbocycles. The van der Waals surface area contributed by atoms with E-state index < -0.39 is 11.9 Å². The molecule has 1 aromatic carbocycles. The first-order valence-corrected chi connectivity index (χ1v) is 8.82. The molecule has 4 aromatic rings. The number of nitrogens with zero attached hydrogens (tertiary/aromatic N) is 5. The molecule has 1 amide bonds. The fourth-order valence-corrected chi connectivity index (χ4v) is 2.99. The Kier molecular flexibility index (Phi) is 4.67. The van der Waals surface area contributed by atoms with Crippen LogP contribution in [0.25, 0.3) is 22.4 Å². The van der Waals surface area contributed by atoms with Gasteiger partial charge in [0, 0.05) is 31.4 Å². The third-order valence-corrected chi connectivity index (χ3v) is 4.45. The van der Waals surface area contributed by atoms with Crippen LogP contribution in [-0.2, 0) is 18.3 Å². The summed E-state index contributed by atoms with van der Waals surface area (Å²) < 4.78 is 1.67. The summed E-state index contributed by atoms with van der Waals surface area (Å²) in [6, 6.07) is 12.8. The van der Waals surface area contributed by atoms with Gasteiger partial charge in [0.15, 0.2) is 11.5 Å². The third-order valence-electron chi connectivity index (χ3n) is 4.45. The van der Waals surface area contributed by atoms with E-state index in [0.29, 0.717) is 23.7 Å². The van der Waals surface area contributed by atoms with Gasteiger partial charge < -0.3 is 11.1 Å². The minimum atomic E-state index is -0.623. The van der Waals surface area contributed by atoms with Gasteiger partial charge in [-0.05, 0) is 17.7 Å². The molecule has 28 heavy (non-hydrogen) atoms. The topological polar surface area (TPSA) is 112 Å². The largest absolute Gasteiger partial charge is 0.368 e. The van der Waals surface area contributed by atoms with Crippen molar-refractivity contribution in [1.82, 2.24) is 24.7 Å². The average Bonchev–Trinajstić information content (AvgIpc) is 3.10. The van der Waals surface area contributed by atoms with Gasteiger partial charge in [0.05, 0.1) is 11.6 Å². The molecule has 0 aliphatic heterocycles. The van der Waals surface area contributed by atoms with Crippen LogP contribution in [0.5, 0.6) is 0 Å². The zero-order chi connectivity index (χ0) is 19.5. The van der Waals surface area contributed by atoms with Gasteiger partial charge in [-0.1, -0.05) is 30.3 Å². The Morgan fingerprint density at radius 3 is 2.68 bits per heavy atom. The van der Waals surface area contributed by atoms with Crippen molar-refractivity contribution in [3.05, 3.63) is 66.6 Å². The second-order valence-electron chi connectivity index (χ2n) is 6.43. The fraction of sp³-hybridized carbons (Fsp3) is 0.150. The highest BCUT2D eigenvalue weighted by Crippen LogP contribution is 2.25. The lowest BCUT2D eigenvalue weighted by molar-refractivity contribution is -0.118. The summed E-state index contributed by atoms with van der Waals surface area (Å²) in [6.45, 7) is 0. The van der Waals surface area contributed by atoms with Gasteiger partial charge >= 0.3 is 0 Å². The summed E-state index contributed by atoms with van der Waals surface area (Å²) in [7, 11) is 1.81. The summed E-state index contributed by atoms with van der Waals surface area (Å²) >= 11 is 0. The number of pyridine rings is 1. The van der Waals surface area contributed by atoms with E-state index in [9.17, 15) is 4.79 Å². The molecule has 1 atom stereocenters. The second-order valence-corrected chi connectivity index (χ2v) is 6.43. The van der Waals surface area contributed by atoms with E-state index in [2.05, 4.69) is 25.4 Å². The smallest absolute Gasteiger partial charge is 0.240 e. The van der Waals surface area contributed by atoms with Gasteiger partial charge in [-0.3, -0.25) is 14.5 Å². The number of rotatable bonds is 6. The summed E-state index contributed by atoms with van der Waals surface area (Å²) in [5, 5.41) is 8.18. The van der Waals surface area contributed by atoms with Crippen LogP contribution in [0, 0.1) is 0 Å². The van der Waals surface area contributed by atoms with E-state index in [4.69, 9.17) is 5.73 Å². The Labute approximate surface area is 161 Å². The molecule has 3 N–H and O–H groups in total. The SMILES string of the molecule is Cn1ncc2c(N[C@@H](Cc3ccccc3)C(N)=O)nc(-c3cccnc3)nc21. The van der Waals surface area contributed by atoms with Gasteiger partial charge in [0.1, 0.15) is 11.9 Å². The Bertz CT molecular complexity index is 1110. The fourth-order valence-electron chi connectivity index (χ4n) is 2.99. The van der Waals surface area contributed by atoms with Crippen LogP contribution in [0.3, 0.4) is 0 Å². The number of carbonyl (C=O) groups excluding carboxylic acids is 1. The van der Waals surface area contributed by atoms with E-state index in [-0.39, 0.29) is 0 Å². The monoisotopic (exact) mass is 373 g/mol. The van der Waals surface area contributed by atoms with Crippen LogP contribution in [0.4, 0.5) is 5.82 Å². The summed E-state index contributed by atoms with van der Waals surface area (Å²) in [4.78, 5) is 25.4. The number of carbonyl (C=O) groups is 1. The van der Waals surface area contributed by atoms with Crippen molar-refractivity contribution in [3.63, 3.8) is 0 Å². The van der Waals surface area contributed by atoms with Crippen molar-refractivity contribution in [3.8, 4) is 11.4 Å². The zero-order valence-corrected chi connectivity index (χ0v) is 15.3. The predicted octanol–water partition coefficient (Wildman–Crippen LogP) is 1.93. The number of amides is 1. The van der Waals surface area contributed by atoms with E-state index in [0.717, 1.165) is 16.5 Å². The molecule has 8 heteroatoms. The number of nitrogens with two attached hydrogens (primary N) is 1. The third kappa shape index (κ3) is 3.52. The van der Waals surface area contributed by atoms with E-state index in [1.165, 1.54) is 0 Å². The zero-order valence-electron chi connectivity index (χ0n) is 15.3. The second kappa shape index (κ2) is 7.43. The molecule has 3 aromatic heterocycles.